The van der Waals surface area contributed by atoms with Crippen molar-refractivity contribution in [2.24, 2.45) is 11.1 Å². The number of aromatic nitrogens is 1. The van der Waals surface area contributed by atoms with Gasteiger partial charge in [0.2, 0.25) is 0 Å². The van der Waals surface area contributed by atoms with E-state index < -0.39 is 0 Å². The Kier molecular flexibility index (Phi) is 2.13. The molecule has 1 fully saturated rings. The van der Waals surface area contributed by atoms with Crippen LogP contribution in [0.3, 0.4) is 0 Å². The fourth-order valence-corrected chi connectivity index (χ4v) is 4.36. The van der Waals surface area contributed by atoms with Gasteiger partial charge >= 0.3 is 0 Å². The van der Waals surface area contributed by atoms with Crippen LogP contribution < -0.4 is 10.5 Å². The molecule has 4 rings (SSSR count). The van der Waals surface area contributed by atoms with Gasteiger partial charge in [0.05, 0.1) is 11.1 Å². The summed E-state index contributed by atoms with van der Waals surface area (Å²) >= 11 is 0. The van der Waals surface area contributed by atoms with Gasteiger partial charge in [-0.05, 0) is 23.8 Å². The van der Waals surface area contributed by atoms with Gasteiger partial charge in [0, 0.05) is 28.5 Å². The van der Waals surface area contributed by atoms with Gasteiger partial charge in [0.15, 0.2) is 0 Å². The molecule has 21 heavy (non-hydrogen) atoms. The summed E-state index contributed by atoms with van der Waals surface area (Å²) < 4.78 is 6.26. The minimum absolute atomic E-state index is 0.0134. The first-order valence-electron chi connectivity index (χ1n) is 7.17. The molecule has 1 aromatic carbocycles. The van der Waals surface area contributed by atoms with E-state index in [2.05, 4.69) is 31.8 Å². The molecule has 2 heterocycles. The van der Waals surface area contributed by atoms with E-state index in [0.29, 0.717) is 11.1 Å². The lowest BCUT2D eigenvalue weighted by molar-refractivity contribution is -0.122. The molecule has 0 bridgehead atoms. The zero-order valence-electron chi connectivity index (χ0n) is 12.3. The van der Waals surface area contributed by atoms with Crippen LogP contribution in [0.25, 0.3) is 10.9 Å². The maximum absolute atomic E-state index is 9.28. The van der Waals surface area contributed by atoms with Gasteiger partial charge in [0.25, 0.3) is 0 Å². The van der Waals surface area contributed by atoms with E-state index in [4.69, 9.17) is 10.5 Å². The normalized spacial score (nSPS) is 31.8. The summed E-state index contributed by atoms with van der Waals surface area (Å²) in [5.74, 6) is 0.814. The van der Waals surface area contributed by atoms with Crippen LogP contribution in [0, 0.1) is 16.7 Å². The number of nitrogens with two attached hydrogens (primary N) is 1. The second-order valence-corrected chi connectivity index (χ2v) is 6.88. The largest absolute Gasteiger partial charge is 0.488 e. The van der Waals surface area contributed by atoms with Gasteiger partial charge < -0.3 is 10.5 Å². The number of hydrogen-bond acceptors (Lipinski definition) is 4. The molecule has 2 aliphatic rings. The summed E-state index contributed by atoms with van der Waals surface area (Å²) in [7, 11) is 0. The Morgan fingerprint density at radius 2 is 2.05 bits per heavy atom. The van der Waals surface area contributed by atoms with E-state index in [1.165, 1.54) is 0 Å². The first-order valence-corrected chi connectivity index (χ1v) is 7.17. The third-order valence-corrected chi connectivity index (χ3v) is 5.47. The highest BCUT2D eigenvalue weighted by atomic mass is 16.5. The fraction of sp³-hybridized carbons (Fsp3) is 0.412. The van der Waals surface area contributed by atoms with Crippen molar-refractivity contribution in [1.29, 1.82) is 5.26 Å². The van der Waals surface area contributed by atoms with Crippen molar-refractivity contribution in [2.45, 2.75) is 38.3 Å². The molecule has 0 saturated heterocycles. The van der Waals surface area contributed by atoms with Crippen LogP contribution in [0.2, 0.25) is 0 Å². The molecule has 1 aromatic heterocycles. The van der Waals surface area contributed by atoms with Crippen molar-refractivity contribution >= 4 is 10.9 Å². The summed E-state index contributed by atoms with van der Waals surface area (Å²) in [5.41, 5.74) is 8.62. The SMILES string of the molecule is CC1(C)C(N)C2(C)c3ccnc4c(C#N)ccc(c34)O[C@@H]12. The zero-order valence-corrected chi connectivity index (χ0v) is 12.3. The Morgan fingerprint density at radius 1 is 1.29 bits per heavy atom. The fourth-order valence-electron chi connectivity index (χ4n) is 4.36. The van der Waals surface area contributed by atoms with E-state index in [-0.39, 0.29) is 23.0 Å². The van der Waals surface area contributed by atoms with Crippen LogP contribution in [0.5, 0.6) is 5.75 Å². The van der Waals surface area contributed by atoms with E-state index in [9.17, 15) is 5.26 Å². The van der Waals surface area contributed by atoms with Gasteiger partial charge in [-0.15, -0.1) is 0 Å². The lowest BCUT2D eigenvalue weighted by Crippen LogP contribution is -2.77. The molecule has 0 amide bonds. The third-order valence-electron chi connectivity index (χ3n) is 5.47. The quantitative estimate of drug-likeness (QED) is 0.804. The highest BCUT2D eigenvalue weighted by Gasteiger charge is 2.67. The number of ether oxygens (including phenoxy) is 1. The second kappa shape index (κ2) is 3.55. The van der Waals surface area contributed by atoms with E-state index >= 15 is 0 Å². The molecule has 2 unspecified atom stereocenters. The highest BCUT2D eigenvalue weighted by Crippen LogP contribution is 2.60. The Balaban J connectivity index is 2.08. The van der Waals surface area contributed by atoms with Crippen LogP contribution in [0.1, 0.15) is 31.9 Å². The van der Waals surface area contributed by atoms with Crippen LogP contribution in [0.4, 0.5) is 0 Å². The second-order valence-electron chi connectivity index (χ2n) is 6.88. The highest BCUT2D eigenvalue weighted by molar-refractivity contribution is 5.94. The Hall–Kier alpha value is -2.12. The molecular formula is C17H17N3O. The smallest absolute Gasteiger partial charge is 0.129 e. The van der Waals surface area contributed by atoms with Crippen LogP contribution in [-0.4, -0.2) is 17.1 Å². The molecule has 4 heteroatoms. The number of fused-ring (bicyclic) bond motifs is 2. The molecule has 4 nitrogen and oxygen atoms in total. The molecule has 3 atom stereocenters. The molecule has 0 radical (unpaired) electrons. The summed E-state index contributed by atoms with van der Waals surface area (Å²) in [6, 6.07) is 7.91. The molecular weight excluding hydrogens is 262 g/mol. The molecule has 1 saturated carbocycles. The monoisotopic (exact) mass is 279 g/mol. The topological polar surface area (TPSA) is 71.9 Å². The maximum Gasteiger partial charge on any atom is 0.129 e. The summed E-state index contributed by atoms with van der Waals surface area (Å²) in [5, 5.41) is 10.2. The average molecular weight is 279 g/mol. The number of rotatable bonds is 0. The van der Waals surface area contributed by atoms with Crippen molar-refractivity contribution in [3.8, 4) is 11.8 Å². The van der Waals surface area contributed by atoms with Gasteiger partial charge in [-0.3, -0.25) is 4.98 Å². The van der Waals surface area contributed by atoms with E-state index in [0.717, 1.165) is 16.7 Å². The third kappa shape index (κ3) is 1.22. The van der Waals surface area contributed by atoms with Gasteiger partial charge in [-0.2, -0.15) is 5.26 Å². The molecule has 106 valence electrons. The predicted molar refractivity (Wildman–Crippen MR) is 80.0 cm³/mol. The zero-order chi connectivity index (χ0) is 15.0. The van der Waals surface area contributed by atoms with Gasteiger partial charge in [0.1, 0.15) is 17.9 Å². The lowest BCUT2D eigenvalue weighted by Gasteiger charge is -2.64. The van der Waals surface area contributed by atoms with Crippen molar-refractivity contribution in [3.05, 3.63) is 35.5 Å². The Morgan fingerprint density at radius 3 is 2.76 bits per heavy atom. The van der Waals surface area contributed by atoms with Crippen LogP contribution in [-0.2, 0) is 5.41 Å². The first kappa shape index (κ1) is 12.6. The summed E-state index contributed by atoms with van der Waals surface area (Å²) in [4.78, 5) is 4.39. The summed E-state index contributed by atoms with van der Waals surface area (Å²) in [6.45, 7) is 6.46. The molecule has 0 spiro atoms. The van der Waals surface area contributed by atoms with E-state index in [1.54, 1.807) is 12.3 Å². The number of benzene rings is 1. The summed E-state index contributed by atoms with van der Waals surface area (Å²) in [6.07, 6.45) is 1.82. The molecule has 2 aromatic rings. The van der Waals surface area contributed by atoms with Gasteiger partial charge in [-0.25, -0.2) is 0 Å². The minimum atomic E-state index is -0.230. The van der Waals surface area contributed by atoms with Crippen molar-refractivity contribution in [1.82, 2.24) is 4.98 Å². The number of hydrogen-bond donors (Lipinski definition) is 1. The molecule has 1 aliphatic carbocycles. The number of nitrogens with zero attached hydrogens (tertiary/aromatic N) is 2. The molecule has 2 N–H and O–H groups in total. The Labute approximate surface area is 123 Å². The van der Waals surface area contributed by atoms with Crippen LogP contribution in [0.15, 0.2) is 24.4 Å². The molecule has 1 aliphatic heterocycles. The predicted octanol–water partition coefficient (Wildman–Crippen LogP) is 2.49. The van der Waals surface area contributed by atoms with Crippen molar-refractivity contribution < 1.29 is 4.74 Å². The van der Waals surface area contributed by atoms with Crippen LogP contribution >= 0.6 is 0 Å². The first-order chi connectivity index (χ1) is 9.92. The van der Waals surface area contributed by atoms with E-state index in [1.807, 2.05) is 12.1 Å². The number of pyridine rings is 1. The average Bonchev–Trinajstić information content (AvgIpc) is 2.50. The van der Waals surface area contributed by atoms with Crippen molar-refractivity contribution in [3.63, 3.8) is 0 Å². The lowest BCUT2D eigenvalue weighted by atomic mass is 9.46. The minimum Gasteiger partial charge on any atom is -0.488 e. The van der Waals surface area contributed by atoms with Crippen molar-refractivity contribution in [2.75, 3.05) is 0 Å². The maximum atomic E-state index is 9.28. The Bertz CT molecular complexity index is 821. The number of nitriles is 1. The standard InChI is InChI=1S/C17H17N3O/c1-16(2)14(19)17(3)10-6-7-20-13-9(8-18)4-5-11(12(10)13)21-15(16)17/h4-7,14-15H,19H2,1-3H3/t14?,15-,17?/m0/s1. The van der Waals surface area contributed by atoms with Gasteiger partial charge in [-0.1, -0.05) is 20.8 Å².